The molecule has 0 amide bonds. The van der Waals surface area contributed by atoms with Crippen LogP contribution in [0.1, 0.15) is 11.3 Å². The van der Waals surface area contributed by atoms with Crippen molar-refractivity contribution in [3.8, 4) is 11.5 Å². The normalized spacial score (nSPS) is 10.2. The molecule has 2 aromatic rings. The number of hydrogen-bond acceptors (Lipinski definition) is 3. The summed E-state index contributed by atoms with van der Waals surface area (Å²) < 4.78 is 11.7. The summed E-state index contributed by atoms with van der Waals surface area (Å²) in [6.45, 7) is 2.42. The van der Waals surface area contributed by atoms with E-state index in [9.17, 15) is 0 Å². The van der Waals surface area contributed by atoms with Crippen LogP contribution < -0.4 is 9.47 Å². The van der Waals surface area contributed by atoms with Gasteiger partial charge in [-0.1, -0.05) is 30.3 Å². The van der Waals surface area contributed by atoms with Crippen molar-refractivity contribution in [3.05, 3.63) is 52.3 Å². The molecule has 0 saturated heterocycles. The van der Waals surface area contributed by atoms with E-state index in [1.807, 2.05) is 43.3 Å². The molecule has 0 saturated carbocycles. The molecule has 0 fully saturated rings. The van der Waals surface area contributed by atoms with E-state index in [4.69, 9.17) is 9.47 Å². The van der Waals surface area contributed by atoms with Gasteiger partial charge in [0.25, 0.3) is 0 Å². The Hall–Kier alpha value is -1.55. The van der Waals surface area contributed by atoms with E-state index < -0.39 is 0 Å². The molecule has 3 nitrogen and oxygen atoms in total. The third-order valence-electron chi connectivity index (χ3n) is 2.47. The fraction of sp³-hybridized carbons (Fsp3) is 0.214. The van der Waals surface area contributed by atoms with E-state index in [1.54, 1.807) is 7.11 Å². The Morgan fingerprint density at radius 1 is 1.22 bits per heavy atom. The van der Waals surface area contributed by atoms with Gasteiger partial charge in [-0.15, -0.1) is 0 Å². The number of benzene rings is 1. The Morgan fingerprint density at radius 2 is 1.94 bits per heavy atom. The zero-order valence-corrected chi connectivity index (χ0v) is 11.9. The Labute approximate surface area is 115 Å². The number of aryl methyl sites for hydroxylation is 1. The van der Waals surface area contributed by atoms with Gasteiger partial charge in [0.15, 0.2) is 16.1 Å². The molecule has 2 rings (SSSR count). The van der Waals surface area contributed by atoms with E-state index in [-0.39, 0.29) is 0 Å². The molecule has 1 aromatic heterocycles. The van der Waals surface area contributed by atoms with Gasteiger partial charge >= 0.3 is 0 Å². The van der Waals surface area contributed by atoms with Crippen LogP contribution in [0.15, 0.2) is 41.0 Å². The number of nitrogens with zero attached hydrogens (tertiary/aromatic N) is 1. The number of rotatable bonds is 4. The average molecular weight is 308 g/mol. The lowest BCUT2D eigenvalue weighted by atomic mass is 10.2. The molecule has 0 radical (unpaired) electrons. The largest absolute Gasteiger partial charge is 0.490 e. The monoisotopic (exact) mass is 307 g/mol. The number of halogens is 1. The maximum Gasteiger partial charge on any atom is 0.193 e. The lowest BCUT2D eigenvalue weighted by Crippen LogP contribution is -2.00. The first-order valence-electron chi connectivity index (χ1n) is 5.58. The number of ether oxygens (including phenoxy) is 2. The second-order valence-electron chi connectivity index (χ2n) is 3.86. The summed E-state index contributed by atoms with van der Waals surface area (Å²) >= 11 is 3.37. The predicted molar refractivity (Wildman–Crippen MR) is 74.0 cm³/mol. The SMILES string of the molecule is COc1c(OCc2ccccc2)cc(C)nc1Br. The van der Waals surface area contributed by atoms with Crippen LogP contribution in [0.25, 0.3) is 0 Å². The van der Waals surface area contributed by atoms with Gasteiger partial charge in [0.05, 0.1) is 7.11 Å². The summed E-state index contributed by atoms with van der Waals surface area (Å²) in [7, 11) is 1.60. The number of methoxy groups -OCH3 is 1. The Bertz CT molecular complexity index is 529. The molecule has 0 atom stereocenters. The predicted octanol–water partition coefficient (Wildman–Crippen LogP) is 3.74. The minimum absolute atomic E-state index is 0.507. The standard InChI is InChI=1S/C14H14BrNO2/c1-10-8-12(13(17-2)14(15)16-10)18-9-11-6-4-3-5-7-11/h3-8H,9H2,1-2H3. The molecule has 0 unspecified atom stereocenters. The molecule has 94 valence electrons. The van der Waals surface area contributed by atoms with Crippen LogP contribution in [0, 0.1) is 6.92 Å². The van der Waals surface area contributed by atoms with Crippen LogP contribution in [0.2, 0.25) is 0 Å². The summed E-state index contributed by atoms with van der Waals surface area (Å²) in [5.74, 6) is 1.32. The quantitative estimate of drug-likeness (QED) is 0.806. The van der Waals surface area contributed by atoms with Gasteiger partial charge in [0.1, 0.15) is 6.61 Å². The summed E-state index contributed by atoms with van der Waals surface area (Å²) in [4.78, 5) is 4.27. The first-order chi connectivity index (χ1) is 8.70. The van der Waals surface area contributed by atoms with E-state index in [0.29, 0.717) is 22.7 Å². The number of aromatic nitrogens is 1. The number of pyridine rings is 1. The zero-order valence-electron chi connectivity index (χ0n) is 10.3. The van der Waals surface area contributed by atoms with Crippen molar-refractivity contribution >= 4 is 15.9 Å². The minimum atomic E-state index is 0.507. The molecule has 18 heavy (non-hydrogen) atoms. The molecule has 0 spiro atoms. The topological polar surface area (TPSA) is 31.4 Å². The van der Waals surface area contributed by atoms with Gasteiger partial charge in [-0.05, 0) is 28.4 Å². The lowest BCUT2D eigenvalue weighted by Gasteiger charge is -2.12. The Morgan fingerprint density at radius 3 is 2.61 bits per heavy atom. The second kappa shape index (κ2) is 5.87. The molecule has 0 N–H and O–H groups in total. The van der Waals surface area contributed by atoms with Crippen LogP contribution in [0.4, 0.5) is 0 Å². The van der Waals surface area contributed by atoms with E-state index in [1.165, 1.54) is 0 Å². The summed E-state index contributed by atoms with van der Waals surface area (Å²) in [6.07, 6.45) is 0. The average Bonchev–Trinajstić information content (AvgIpc) is 2.37. The van der Waals surface area contributed by atoms with Gasteiger partial charge in [-0.25, -0.2) is 4.98 Å². The van der Waals surface area contributed by atoms with E-state index >= 15 is 0 Å². The van der Waals surface area contributed by atoms with Crippen LogP contribution in [0.3, 0.4) is 0 Å². The van der Waals surface area contributed by atoms with Crippen molar-refractivity contribution in [2.45, 2.75) is 13.5 Å². The minimum Gasteiger partial charge on any atom is -0.490 e. The summed E-state index contributed by atoms with van der Waals surface area (Å²) in [6, 6.07) is 11.9. The molecule has 0 aliphatic rings. The van der Waals surface area contributed by atoms with Crippen LogP contribution in [-0.2, 0) is 6.61 Å². The van der Waals surface area contributed by atoms with Gasteiger partial charge in [0, 0.05) is 11.8 Å². The van der Waals surface area contributed by atoms with Crippen LogP contribution in [0.5, 0.6) is 11.5 Å². The van der Waals surface area contributed by atoms with Crippen molar-refractivity contribution in [1.29, 1.82) is 0 Å². The zero-order chi connectivity index (χ0) is 13.0. The highest BCUT2D eigenvalue weighted by atomic mass is 79.9. The maximum atomic E-state index is 5.78. The van der Waals surface area contributed by atoms with Crippen molar-refractivity contribution in [1.82, 2.24) is 4.98 Å². The van der Waals surface area contributed by atoms with Crippen LogP contribution >= 0.6 is 15.9 Å². The van der Waals surface area contributed by atoms with Crippen molar-refractivity contribution < 1.29 is 9.47 Å². The van der Waals surface area contributed by atoms with Crippen LogP contribution in [-0.4, -0.2) is 12.1 Å². The molecule has 0 aliphatic carbocycles. The fourth-order valence-electron chi connectivity index (χ4n) is 1.62. The van der Waals surface area contributed by atoms with Gasteiger partial charge in [-0.2, -0.15) is 0 Å². The van der Waals surface area contributed by atoms with Gasteiger partial charge in [0.2, 0.25) is 0 Å². The highest BCUT2D eigenvalue weighted by Gasteiger charge is 2.11. The van der Waals surface area contributed by atoms with Gasteiger partial charge < -0.3 is 9.47 Å². The first kappa shape index (κ1) is 12.9. The molecule has 1 aromatic carbocycles. The smallest absolute Gasteiger partial charge is 0.193 e. The highest BCUT2D eigenvalue weighted by Crippen LogP contribution is 2.34. The maximum absolute atomic E-state index is 5.78. The molecule has 1 heterocycles. The molecular formula is C14H14BrNO2. The highest BCUT2D eigenvalue weighted by molar-refractivity contribution is 9.10. The Kier molecular flexibility index (Phi) is 4.20. The third-order valence-corrected chi connectivity index (χ3v) is 3.00. The van der Waals surface area contributed by atoms with Crippen molar-refractivity contribution in [3.63, 3.8) is 0 Å². The third kappa shape index (κ3) is 3.01. The number of hydrogen-bond donors (Lipinski definition) is 0. The molecule has 0 aliphatic heterocycles. The van der Waals surface area contributed by atoms with E-state index in [0.717, 1.165) is 11.3 Å². The summed E-state index contributed by atoms with van der Waals surface area (Å²) in [5.41, 5.74) is 2.00. The van der Waals surface area contributed by atoms with Gasteiger partial charge in [-0.3, -0.25) is 0 Å². The van der Waals surface area contributed by atoms with Crippen molar-refractivity contribution in [2.24, 2.45) is 0 Å². The lowest BCUT2D eigenvalue weighted by molar-refractivity contribution is 0.282. The first-order valence-corrected chi connectivity index (χ1v) is 6.38. The van der Waals surface area contributed by atoms with E-state index in [2.05, 4.69) is 20.9 Å². The van der Waals surface area contributed by atoms with Crippen molar-refractivity contribution in [2.75, 3.05) is 7.11 Å². The molecular weight excluding hydrogens is 294 g/mol. The Balaban J connectivity index is 2.18. The second-order valence-corrected chi connectivity index (χ2v) is 4.61. The fourth-order valence-corrected chi connectivity index (χ4v) is 2.26. The molecule has 0 bridgehead atoms. The summed E-state index contributed by atoms with van der Waals surface area (Å²) in [5, 5.41) is 0. The molecule has 4 heteroatoms.